The van der Waals surface area contributed by atoms with E-state index in [0.29, 0.717) is 5.69 Å². The summed E-state index contributed by atoms with van der Waals surface area (Å²) in [6, 6.07) is 3.62. The van der Waals surface area contributed by atoms with E-state index in [2.05, 4.69) is 10.4 Å². The van der Waals surface area contributed by atoms with Gasteiger partial charge < -0.3 is 10.4 Å². The van der Waals surface area contributed by atoms with Crippen LogP contribution >= 0.6 is 0 Å². The molecule has 0 aliphatic carbocycles. The number of halogens is 1. The average Bonchev–Trinajstić information content (AvgIpc) is 2.57. The van der Waals surface area contributed by atoms with Crippen molar-refractivity contribution in [2.24, 2.45) is 7.05 Å². The van der Waals surface area contributed by atoms with Gasteiger partial charge in [-0.3, -0.25) is 4.68 Å². The van der Waals surface area contributed by atoms with Gasteiger partial charge in [-0.15, -0.1) is 0 Å². The van der Waals surface area contributed by atoms with Crippen LogP contribution in [0.25, 0.3) is 0 Å². The van der Waals surface area contributed by atoms with Crippen molar-refractivity contribution in [2.45, 2.75) is 13.8 Å². The van der Waals surface area contributed by atoms with E-state index < -0.39 is 11.8 Å². The van der Waals surface area contributed by atoms with E-state index in [0.717, 1.165) is 23.1 Å². The molecule has 0 spiro atoms. The van der Waals surface area contributed by atoms with Crippen LogP contribution in [-0.2, 0) is 7.05 Å². The third kappa shape index (κ3) is 2.42. The Balaban J connectivity index is 2.46. The van der Waals surface area contributed by atoms with E-state index in [4.69, 9.17) is 5.11 Å². The maximum atomic E-state index is 13.1. The number of nitrogens with zero attached hydrogens (tertiary/aromatic N) is 2. The zero-order chi connectivity index (χ0) is 14.2. The standard InChI is InChI=1S/C13H14FN3O2/c1-7-12(8(2)17(3)16-7)15-11-5-4-9(14)6-10(11)13(18)19/h4-6,15H,1-3H3,(H,18,19). The molecule has 0 bridgehead atoms. The lowest BCUT2D eigenvalue weighted by molar-refractivity contribution is 0.0697. The normalized spacial score (nSPS) is 10.5. The van der Waals surface area contributed by atoms with E-state index in [-0.39, 0.29) is 5.56 Å². The van der Waals surface area contributed by atoms with Crippen LogP contribution in [0.1, 0.15) is 21.7 Å². The molecule has 1 aromatic carbocycles. The predicted molar refractivity (Wildman–Crippen MR) is 69.3 cm³/mol. The molecule has 2 rings (SSSR count). The number of aromatic nitrogens is 2. The highest BCUT2D eigenvalue weighted by atomic mass is 19.1. The van der Waals surface area contributed by atoms with Gasteiger partial charge in [0.1, 0.15) is 5.82 Å². The second-order valence-corrected chi connectivity index (χ2v) is 4.29. The number of anilines is 2. The summed E-state index contributed by atoms with van der Waals surface area (Å²) in [4.78, 5) is 11.1. The van der Waals surface area contributed by atoms with E-state index in [1.807, 2.05) is 13.8 Å². The number of rotatable bonds is 3. The number of benzene rings is 1. The molecule has 5 nitrogen and oxygen atoms in total. The Bertz CT molecular complexity index is 650. The summed E-state index contributed by atoms with van der Waals surface area (Å²) in [6.07, 6.45) is 0. The molecule has 0 saturated heterocycles. The fraction of sp³-hybridized carbons (Fsp3) is 0.231. The monoisotopic (exact) mass is 263 g/mol. The predicted octanol–water partition coefficient (Wildman–Crippen LogP) is 2.62. The third-order valence-corrected chi connectivity index (χ3v) is 2.98. The van der Waals surface area contributed by atoms with E-state index in [9.17, 15) is 9.18 Å². The fourth-order valence-corrected chi connectivity index (χ4v) is 1.89. The minimum atomic E-state index is -1.18. The number of hydrogen-bond donors (Lipinski definition) is 2. The Morgan fingerprint density at radius 2 is 2.11 bits per heavy atom. The van der Waals surface area contributed by atoms with E-state index in [1.54, 1.807) is 11.7 Å². The number of aromatic carboxylic acids is 1. The molecule has 0 aliphatic rings. The molecule has 2 aromatic rings. The Morgan fingerprint density at radius 3 is 2.63 bits per heavy atom. The van der Waals surface area contributed by atoms with Crippen LogP contribution in [0.3, 0.4) is 0 Å². The summed E-state index contributed by atoms with van der Waals surface area (Å²) < 4.78 is 14.8. The number of nitrogens with one attached hydrogen (secondary N) is 1. The maximum Gasteiger partial charge on any atom is 0.337 e. The SMILES string of the molecule is Cc1nn(C)c(C)c1Nc1ccc(F)cc1C(=O)O. The molecule has 0 fully saturated rings. The minimum absolute atomic E-state index is 0.109. The number of hydrogen-bond acceptors (Lipinski definition) is 3. The summed E-state index contributed by atoms with van der Waals surface area (Å²) in [5.74, 6) is -1.76. The van der Waals surface area contributed by atoms with Crippen molar-refractivity contribution in [3.05, 3.63) is 41.0 Å². The highest BCUT2D eigenvalue weighted by Crippen LogP contribution is 2.26. The first-order valence-electron chi connectivity index (χ1n) is 5.70. The highest BCUT2D eigenvalue weighted by Gasteiger charge is 2.15. The third-order valence-electron chi connectivity index (χ3n) is 2.98. The average molecular weight is 263 g/mol. The minimum Gasteiger partial charge on any atom is -0.478 e. The molecular formula is C13H14FN3O2. The first-order chi connectivity index (χ1) is 8.90. The van der Waals surface area contributed by atoms with Gasteiger partial charge in [0.25, 0.3) is 0 Å². The Kier molecular flexibility index (Phi) is 3.25. The molecule has 0 unspecified atom stereocenters. The van der Waals surface area contributed by atoms with E-state index in [1.165, 1.54) is 12.1 Å². The number of aryl methyl sites for hydroxylation is 2. The summed E-state index contributed by atoms with van der Waals surface area (Å²) in [7, 11) is 1.80. The number of carbonyl (C=O) groups is 1. The molecule has 19 heavy (non-hydrogen) atoms. The molecule has 0 aliphatic heterocycles. The van der Waals surface area contributed by atoms with Gasteiger partial charge in [0.15, 0.2) is 0 Å². The van der Waals surface area contributed by atoms with Gasteiger partial charge in [-0.25, -0.2) is 9.18 Å². The second kappa shape index (κ2) is 4.72. The van der Waals surface area contributed by atoms with Crippen LogP contribution < -0.4 is 5.32 Å². The largest absolute Gasteiger partial charge is 0.478 e. The molecule has 0 saturated carbocycles. The van der Waals surface area contributed by atoms with E-state index >= 15 is 0 Å². The summed E-state index contributed by atoms with van der Waals surface area (Å²) in [6.45, 7) is 3.69. The summed E-state index contributed by atoms with van der Waals surface area (Å²) >= 11 is 0. The van der Waals surface area contributed by atoms with Crippen LogP contribution in [0, 0.1) is 19.7 Å². The first-order valence-corrected chi connectivity index (χ1v) is 5.70. The molecule has 1 aromatic heterocycles. The molecular weight excluding hydrogens is 249 g/mol. The van der Waals surface area contributed by atoms with Crippen LogP contribution in [0.15, 0.2) is 18.2 Å². The van der Waals surface area contributed by atoms with Gasteiger partial charge in [0.05, 0.1) is 28.3 Å². The zero-order valence-corrected chi connectivity index (χ0v) is 10.9. The van der Waals surface area contributed by atoms with Crippen molar-refractivity contribution in [3.8, 4) is 0 Å². The van der Waals surface area contributed by atoms with Crippen LogP contribution in [0.4, 0.5) is 15.8 Å². The topological polar surface area (TPSA) is 67.2 Å². The van der Waals surface area contributed by atoms with Gasteiger partial charge in [-0.05, 0) is 32.0 Å². The van der Waals surface area contributed by atoms with Crippen molar-refractivity contribution in [2.75, 3.05) is 5.32 Å². The van der Waals surface area contributed by atoms with Crippen LogP contribution in [-0.4, -0.2) is 20.9 Å². The lowest BCUT2D eigenvalue weighted by atomic mass is 10.1. The van der Waals surface area contributed by atoms with Crippen LogP contribution in [0.2, 0.25) is 0 Å². The Labute approximate surface area is 109 Å². The van der Waals surface area contributed by atoms with Crippen LogP contribution in [0.5, 0.6) is 0 Å². The number of carboxylic acid groups (broad SMARTS) is 1. The molecule has 1 heterocycles. The Hall–Kier alpha value is -2.37. The second-order valence-electron chi connectivity index (χ2n) is 4.29. The van der Waals surface area contributed by atoms with Gasteiger partial charge in [-0.1, -0.05) is 0 Å². The number of carboxylic acids is 1. The van der Waals surface area contributed by atoms with Gasteiger partial charge in [-0.2, -0.15) is 5.10 Å². The molecule has 2 N–H and O–H groups in total. The van der Waals surface area contributed by atoms with Crippen molar-refractivity contribution in [1.29, 1.82) is 0 Å². The van der Waals surface area contributed by atoms with Crippen molar-refractivity contribution < 1.29 is 14.3 Å². The molecule has 0 amide bonds. The van der Waals surface area contributed by atoms with Gasteiger partial charge in [0, 0.05) is 7.05 Å². The lowest BCUT2D eigenvalue weighted by Crippen LogP contribution is -2.04. The maximum absolute atomic E-state index is 13.1. The van der Waals surface area contributed by atoms with Crippen molar-refractivity contribution in [3.63, 3.8) is 0 Å². The summed E-state index contributed by atoms with van der Waals surface area (Å²) in [5, 5.41) is 16.3. The van der Waals surface area contributed by atoms with Crippen molar-refractivity contribution in [1.82, 2.24) is 9.78 Å². The smallest absolute Gasteiger partial charge is 0.337 e. The highest BCUT2D eigenvalue weighted by molar-refractivity contribution is 5.95. The quantitative estimate of drug-likeness (QED) is 0.893. The van der Waals surface area contributed by atoms with Gasteiger partial charge in [0.2, 0.25) is 0 Å². The van der Waals surface area contributed by atoms with Gasteiger partial charge >= 0.3 is 5.97 Å². The molecule has 100 valence electrons. The molecule has 0 radical (unpaired) electrons. The molecule has 0 atom stereocenters. The first kappa shape index (κ1) is 13.1. The lowest BCUT2D eigenvalue weighted by Gasteiger charge is -2.10. The van der Waals surface area contributed by atoms with Crippen molar-refractivity contribution >= 4 is 17.3 Å². The molecule has 6 heteroatoms. The fourth-order valence-electron chi connectivity index (χ4n) is 1.89. The Morgan fingerprint density at radius 1 is 1.42 bits per heavy atom. The summed E-state index contributed by atoms with van der Waals surface area (Å²) in [5.41, 5.74) is 2.59. The zero-order valence-electron chi connectivity index (χ0n) is 10.9.